The second kappa shape index (κ2) is 11.4. The van der Waals surface area contributed by atoms with Crippen molar-refractivity contribution in [2.75, 3.05) is 13.1 Å². The average Bonchev–Trinajstić information content (AvgIpc) is 3.39. The summed E-state index contributed by atoms with van der Waals surface area (Å²) in [5.74, 6) is -2.37. The molecule has 1 aromatic rings. The van der Waals surface area contributed by atoms with E-state index >= 15 is 0 Å². The van der Waals surface area contributed by atoms with Crippen LogP contribution in [-0.2, 0) is 14.4 Å². The zero-order valence-corrected chi connectivity index (χ0v) is 23.0. The predicted octanol–water partition coefficient (Wildman–Crippen LogP) is 4.15. The Morgan fingerprint density at radius 3 is 2.35 bits per heavy atom. The van der Waals surface area contributed by atoms with Crippen LogP contribution in [0.5, 0.6) is 5.75 Å². The Labute approximate surface area is 218 Å². The lowest BCUT2D eigenvalue weighted by atomic mass is 9.85. The van der Waals surface area contributed by atoms with Crippen LogP contribution in [0.2, 0.25) is 0 Å². The highest BCUT2D eigenvalue weighted by Gasteiger charge is 2.54. The number of nitrogens with zero attached hydrogens (tertiary/aromatic N) is 2. The van der Waals surface area contributed by atoms with Crippen molar-refractivity contribution in [2.45, 2.75) is 92.0 Å². The number of amides is 3. The van der Waals surface area contributed by atoms with Gasteiger partial charge in [0.15, 0.2) is 11.6 Å². The fourth-order valence-electron chi connectivity index (χ4n) is 5.15. The van der Waals surface area contributed by atoms with Gasteiger partial charge in [0.05, 0.1) is 18.6 Å². The molecule has 2 aliphatic rings. The first-order valence-electron chi connectivity index (χ1n) is 13.3. The molecule has 206 valence electrons. The van der Waals surface area contributed by atoms with Crippen molar-refractivity contribution in [3.05, 3.63) is 29.8 Å². The molecule has 0 aromatic heterocycles. The van der Waals surface area contributed by atoms with Crippen LogP contribution in [0, 0.1) is 28.9 Å². The molecule has 0 saturated carbocycles. The smallest absolute Gasteiger partial charge is 0.246 e. The molecule has 2 fully saturated rings. The van der Waals surface area contributed by atoms with E-state index in [9.17, 15) is 23.2 Å². The Balaban J connectivity index is 1.92. The molecule has 0 bridgehead atoms. The zero-order chi connectivity index (χ0) is 27.7. The molecular formula is C28H41F2N3O4. The summed E-state index contributed by atoms with van der Waals surface area (Å²) in [6.45, 7) is 14.1. The quantitative estimate of drug-likeness (QED) is 0.558. The maximum Gasteiger partial charge on any atom is 0.246 e. The van der Waals surface area contributed by atoms with E-state index < -0.39 is 35.2 Å². The molecule has 0 radical (unpaired) electrons. The molecule has 7 nitrogen and oxygen atoms in total. The Hall–Kier alpha value is -2.71. The highest BCUT2D eigenvalue weighted by atomic mass is 19.2. The van der Waals surface area contributed by atoms with Crippen molar-refractivity contribution in [3.8, 4) is 5.75 Å². The van der Waals surface area contributed by atoms with Crippen molar-refractivity contribution >= 4 is 17.7 Å². The van der Waals surface area contributed by atoms with Crippen molar-refractivity contribution in [3.63, 3.8) is 0 Å². The van der Waals surface area contributed by atoms with E-state index in [0.717, 1.165) is 12.1 Å². The lowest BCUT2D eigenvalue weighted by Crippen LogP contribution is -2.58. The van der Waals surface area contributed by atoms with Crippen LogP contribution in [0.25, 0.3) is 0 Å². The lowest BCUT2D eigenvalue weighted by Gasteiger charge is -2.37. The molecule has 37 heavy (non-hydrogen) atoms. The summed E-state index contributed by atoms with van der Waals surface area (Å²) >= 11 is 0. The minimum atomic E-state index is -1.03. The van der Waals surface area contributed by atoms with Crippen molar-refractivity contribution in [1.29, 1.82) is 0 Å². The fourth-order valence-corrected chi connectivity index (χ4v) is 5.15. The summed E-state index contributed by atoms with van der Waals surface area (Å²) < 4.78 is 33.5. The van der Waals surface area contributed by atoms with Gasteiger partial charge in [-0.3, -0.25) is 14.4 Å². The topological polar surface area (TPSA) is 79.0 Å². The first-order valence-corrected chi connectivity index (χ1v) is 13.3. The number of carbonyl (C=O) groups excluding carboxylic acids is 3. The summed E-state index contributed by atoms with van der Waals surface area (Å²) in [4.78, 5) is 43.3. The van der Waals surface area contributed by atoms with Crippen molar-refractivity contribution in [1.82, 2.24) is 15.1 Å². The largest absolute Gasteiger partial charge is 0.486 e. The Morgan fingerprint density at radius 1 is 1.11 bits per heavy atom. The number of hydrogen-bond acceptors (Lipinski definition) is 4. The van der Waals surface area contributed by atoms with Gasteiger partial charge < -0.3 is 19.9 Å². The van der Waals surface area contributed by atoms with Gasteiger partial charge in [-0.15, -0.1) is 0 Å². The van der Waals surface area contributed by atoms with E-state index in [1.54, 1.807) is 9.80 Å². The predicted molar refractivity (Wildman–Crippen MR) is 137 cm³/mol. The third-order valence-electron chi connectivity index (χ3n) is 7.40. The highest BCUT2D eigenvalue weighted by molar-refractivity contribution is 5.89. The van der Waals surface area contributed by atoms with Crippen LogP contribution in [0.1, 0.15) is 67.7 Å². The van der Waals surface area contributed by atoms with Crippen LogP contribution >= 0.6 is 0 Å². The maximum atomic E-state index is 14.0. The van der Waals surface area contributed by atoms with E-state index in [1.165, 1.54) is 6.07 Å². The van der Waals surface area contributed by atoms with Crippen LogP contribution < -0.4 is 10.1 Å². The second-order valence-corrected chi connectivity index (χ2v) is 11.9. The molecule has 5 atom stereocenters. The molecular weight excluding hydrogens is 480 g/mol. The Kier molecular flexibility index (Phi) is 8.85. The molecule has 2 saturated heterocycles. The number of halogens is 2. The van der Waals surface area contributed by atoms with Crippen LogP contribution in [0.3, 0.4) is 0 Å². The maximum absolute atomic E-state index is 14.0. The summed E-state index contributed by atoms with van der Waals surface area (Å²) in [5, 5.41) is 2.96. The number of likely N-dealkylation sites (tertiary alicyclic amines) is 2. The van der Waals surface area contributed by atoms with Gasteiger partial charge in [-0.25, -0.2) is 8.78 Å². The number of ether oxygens (including phenoxy) is 1. The van der Waals surface area contributed by atoms with E-state index in [0.29, 0.717) is 25.8 Å². The normalized spacial score (nSPS) is 23.1. The molecule has 0 aliphatic carbocycles. The van der Waals surface area contributed by atoms with Gasteiger partial charge in [-0.1, -0.05) is 48.5 Å². The number of benzene rings is 1. The Morgan fingerprint density at radius 2 is 1.78 bits per heavy atom. The minimum absolute atomic E-state index is 0.0202. The summed E-state index contributed by atoms with van der Waals surface area (Å²) in [6.07, 6.45) is 0.976. The van der Waals surface area contributed by atoms with Crippen molar-refractivity contribution in [2.24, 2.45) is 17.3 Å². The standard InChI is InChI=1S/C28H41F2N3O4/c1-8-17(4)26(35)31-25(28(5,6)7)27(36)32-12-11-21-24(32)22(15-33(21)23(34)13-16(2)3)37-18-9-10-19(29)20(30)14-18/h9-10,14,16-17,21-22,24-25H,8,11-13,15H2,1-7H3,(H,31,35)/t17-,21-,22+,24+,25-/m1/s1. The molecule has 0 spiro atoms. The highest BCUT2D eigenvalue weighted by Crippen LogP contribution is 2.37. The first kappa shape index (κ1) is 28.9. The molecule has 2 heterocycles. The number of fused-ring (bicyclic) bond motifs is 1. The Bertz CT molecular complexity index is 1010. The third-order valence-corrected chi connectivity index (χ3v) is 7.40. The van der Waals surface area contributed by atoms with Crippen LogP contribution in [-0.4, -0.2) is 64.8 Å². The van der Waals surface area contributed by atoms with E-state index in [4.69, 9.17) is 4.74 Å². The second-order valence-electron chi connectivity index (χ2n) is 11.9. The summed E-state index contributed by atoms with van der Waals surface area (Å²) in [7, 11) is 0. The van der Waals surface area contributed by atoms with E-state index in [-0.39, 0.29) is 47.9 Å². The van der Waals surface area contributed by atoms with Gasteiger partial charge >= 0.3 is 0 Å². The van der Waals surface area contributed by atoms with Gasteiger partial charge in [0, 0.05) is 24.9 Å². The van der Waals surface area contributed by atoms with Crippen molar-refractivity contribution < 1.29 is 27.9 Å². The number of rotatable bonds is 8. The van der Waals surface area contributed by atoms with Gasteiger partial charge in [-0.05, 0) is 36.3 Å². The lowest BCUT2D eigenvalue weighted by molar-refractivity contribution is -0.142. The number of nitrogens with one attached hydrogen (secondary N) is 1. The molecule has 3 amide bonds. The number of hydrogen-bond donors (Lipinski definition) is 1. The summed E-state index contributed by atoms with van der Waals surface area (Å²) in [6, 6.07) is 1.83. The summed E-state index contributed by atoms with van der Waals surface area (Å²) in [5.41, 5.74) is -0.555. The molecule has 1 N–H and O–H groups in total. The molecule has 1 aromatic carbocycles. The van der Waals surface area contributed by atoms with Gasteiger partial charge in [-0.2, -0.15) is 0 Å². The minimum Gasteiger partial charge on any atom is -0.486 e. The molecule has 2 aliphatic heterocycles. The van der Waals surface area contributed by atoms with Gasteiger partial charge in [0.1, 0.15) is 17.9 Å². The molecule has 0 unspecified atom stereocenters. The monoisotopic (exact) mass is 521 g/mol. The van der Waals surface area contributed by atoms with Gasteiger partial charge in [0.25, 0.3) is 0 Å². The molecule has 9 heteroatoms. The van der Waals surface area contributed by atoms with Crippen LogP contribution in [0.4, 0.5) is 8.78 Å². The van der Waals surface area contributed by atoms with E-state index in [2.05, 4.69) is 5.32 Å². The van der Waals surface area contributed by atoms with Gasteiger partial charge in [0.2, 0.25) is 17.7 Å². The third kappa shape index (κ3) is 6.41. The zero-order valence-electron chi connectivity index (χ0n) is 23.0. The first-order chi connectivity index (χ1) is 17.2. The number of carbonyl (C=O) groups is 3. The molecule has 3 rings (SSSR count). The average molecular weight is 522 g/mol. The fraction of sp³-hybridized carbons (Fsp3) is 0.679. The van der Waals surface area contributed by atoms with E-state index in [1.807, 2.05) is 48.5 Å². The SMILES string of the molecule is CC[C@@H](C)C(=O)N[C@H](C(=O)N1CC[C@@H]2[C@H]1[C@@H](Oc1ccc(F)c(F)c1)CN2C(=O)CC(C)C)C(C)(C)C. The van der Waals surface area contributed by atoms with Crippen LogP contribution in [0.15, 0.2) is 18.2 Å².